The lowest BCUT2D eigenvalue weighted by Gasteiger charge is -2.26. The summed E-state index contributed by atoms with van der Waals surface area (Å²) in [4.78, 5) is 2.48. The standard InChI is InChI=1S/C12H20N2OS.2ClH/c1(4-14-5-7-15-8-6-14)3-13-10-12-2-9-16-11-12;;/h2,9,11,13H,1,3-8,10H2;2*1H. The zero-order chi connectivity index (χ0) is 11.1. The Bertz CT molecular complexity index is 280. The Labute approximate surface area is 126 Å². The van der Waals surface area contributed by atoms with Gasteiger partial charge in [0.2, 0.25) is 0 Å². The second-order valence-electron chi connectivity index (χ2n) is 4.12. The Morgan fingerprint density at radius 1 is 1.28 bits per heavy atom. The fourth-order valence-electron chi connectivity index (χ4n) is 1.88. The fraction of sp³-hybridized carbons (Fsp3) is 0.667. The molecule has 0 spiro atoms. The van der Waals surface area contributed by atoms with Crippen LogP contribution in [-0.2, 0) is 11.3 Å². The largest absolute Gasteiger partial charge is 0.379 e. The van der Waals surface area contributed by atoms with E-state index in [1.54, 1.807) is 11.3 Å². The summed E-state index contributed by atoms with van der Waals surface area (Å²) in [5.74, 6) is 0. The maximum Gasteiger partial charge on any atom is 0.0594 e. The Morgan fingerprint density at radius 3 is 2.72 bits per heavy atom. The van der Waals surface area contributed by atoms with Gasteiger partial charge in [0.05, 0.1) is 13.2 Å². The second kappa shape index (κ2) is 11.0. The summed E-state index contributed by atoms with van der Waals surface area (Å²) in [5, 5.41) is 7.81. The Kier molecular flexibility index (Phi) is 11.1. The first-order chi connectivity index (χ1) is 7.95. The monoisotopic (exact) mass is 312 g/mol. The number of morpholine rings is 1. The number of hydrogen-bond donors (Lipinski definition) is 1. The third-order valence-electron chi connectivity index (χ3n) is 2.84. The molecule has 1 saturated heterocycles. The van der Waals surface area contributed by atoms with Gasteiger partial charge in [0.15, 0.2) is 0 Å². The Morgan fingerprint density at radius 2 is 2.06 bits per heavy atom. The fourth-order valence-corrected chi connectivity index (χ4v) is 2.55. The summed E-state index contributed by atoms with van der Waals surface area (Å²) in [6.45, 7) is 7.32. The van der Waals surface area contributed by atoms with Gasteiger partial charge in [-0.2, -0.15) is 11.3 Å². The van der Waals surface area contributed by atoms with E-state index >= 15 is 0 Å². The van der Waals surface area contributed by atoms with E-state index in [0.29, 0.717) is 0 Å². The molecule has 0 atom stereocenters. The molecule has 0 radical (unpaired) electrons. The van der Waals surface area contributed by atoms with Gasteiger partial charge in [0, 0.05) is 19.6 Å². The van der Waals surface area contributed by atoms with Gasteiger partial charge in [-0.25, -0.2) is 0 Å². The summed E-state index contributed by atoms with van der Waals surface area (Å²) in [6, 6.07) is 2.18. The Hall–Kier alpha value is 0.160. The second-order valence-corrected chi connectivity index (χ2v) is 4.90. The van der Waals surface area contributed by atoms with Gasteiger partial charge in [-0.15, -0.1) is 24.8 Å². The molecule has 18 heavy (non-hydrogen) atoms. The van der Waals surface area contributed by atoms with Crippen LogP contribution in [0.3, 0.4) is 0 Å². The van der Waals surface area contributed by atoms with Crippen LogP contribution in [0.15, 0.2) is 16.8 Å². The van der Waals surface area contributed by atoms with E-state index in [9.17, 15) is 0 Å². The van der Waals surface area contributed by atoms with Crippen molar-refractivity contribution in [3.05, 3.63) is 22.4 Å². The van der Waals surface area contributed by atoms with Crippen LogP contribution in [0.2, 0.25) is 0 Å². The van der Waals surface area contributed by atoms with Crippen LogP contribution in [-0.4, -0.2) is 44.3 Å². The average molecular weight is 313 g/mol. The van der Waals surface area contributed by atoms with E-state index in [1.165, 1.54) is 18.5 Å². The molecule has 0 aromatic carbocycles. The van der Waals surface area contributed by atoms with Gasteiger partial charge in [-0.05, 0) is 41.9 Å². The van der Waals surface area contributed by atoms with Crippen molar-refractivity contribution in [3.8, 4) is 0 Å². The molecule has 1 aromatic heterocycles. The summed E-state index contributed by atoms with van der Waals surface area (Å²) in [6.07, 6.45) is 1.23. The van der Waals surface area contributed by atoms with E-state index in [1.807, 2.05) is 0 Å². The van der Waals surface area contributed by atoms with Gasteiger partial charge in [0.25, 0.3) is 0 Å². The van der Waals surface area contributed by atoms with Crippen LogP contribution in [0.1, 0.15) is 12.0 Å². The first-order valence-corrected chi connectivity index (χ1v) is 6.91. The third kappa shape index (κ3) is 6.92. The molecule has 0 unspecified atom stereocenters. The van der Waals surface area contributed by atoms with Crippen molar-refractivity contribution < 1.29 is 4.74 Å². The first-order valence-electron chi connectivity index (χ1n) is 5.97. The number of hydrogen-bond acceptors (Lipinski definition) is 4. The maximum absolute atomic E-state index is 5.32. The smallest absolute Gasteiger partial charge is 0.0594 e. The maximum atomic E-state index is 5.32. The van der Waals surface area contributed by atoms with E-state index in [0.717, 1.165) is 39.4 Å². The lowest BCUT2D eigenvalue weighted by Crippen LogP contribution is -2.37. The van der Waals surface area contributed by atoms with E-state index < -0.39 is 0 Å². The van der Waals surface area contributed by atoms with Crippen molar-refractivity contribution >= 4 is 36.2 Å². The molecule has 106 valence electrons. The molecule has 1 fully saturated rings. The van der Waals surface area contributed by atoms with Gasteiger partial charge in [-0.1, -0.05) is 0 Å². The van der Waals surface area contributed by atoms with Crippen LogP contribution in [0.25, 0.3) is 0 Å². The van der Waals surface area contributed by atoms with Crippen molar-refractivity contribution in [2.45, 2.75) is 13.0 Å². The summed E-state index contributed by atoms with van der Waals surface area (Å²) < 4.78 is 5.32. The summed E-state index contributed by atoms with van der Waals surface area (Å²) >= 11 is 1.76. The van der Waals surface area contributed by atoms with Crippen LogP contribution in [0.5, 0.6) is 0 Å². The molecule has 3 nitrogen and oxygen atoms in total. The SMILES string of the molecule is Cl.Cl.c1cc(CNCCCN2CCOCC2)cs1. The topological polar surface area (TPSA) is 24.5 Å². The molecule has 0 bridgehead atoms. The Balaban J connectivity index is 0.00000144. The molecule has 0 aliphatic carbocycles. The van der Waals surface area contributed by atoms with E-state index in [2.05, 4.69) is 27.0 Å². The van der Waals surface area contributed by atoms with Crippen LogP contribution in [0.4, 0.5) is 0 Å². The number of ether oxygens (including phenoxy) is 1. The highest BCUT2D eigenvalue weighted by atomic mass is 35.5. The van der Waals surface area contributed by atoms with Crippen LogP contribution in [0, 0.1) is 0 Å². The predicted molar refractivity (Wildman–Crippen MR) is 82.4 cm³/mol. The minimum atomic E-state index is 0. The minimum absolute atomic E-state index is 0. The molecule has 2 rings (SSSR count). The quantitative estimate of drug-likeness (QED) is 0.816. The predicted octanol–water partition coefficient (Wildman–Crippen LogP) is 2.40. The number of nitrogens with one attached hydrogen (secondary N) is 1. The number of nitrogens with zero attached hydrogens (tertiary/aromatic N) is 1. The molecular formula is C12H22Cl2N2OS. The molecule has 1 aliphatic heterocycles. The summed E-state index contributed by atoms with van der Waals surface area (Å²) in [7, 11) is 0. The molecule has 1 aliphatic rings. The van der Waals surface area contributed by atoms with E-state index in [-0.39, 0.29) is 24.8 Å². The highest BCUT2D eigenvalue weighted by molar-refractivity contribution is 7.07. The molecule has 1 N–H and O–H groups in total. The highest BCUT2D eigenvalue weighted by Crippen LogP contribution is 2.04. The first kappa shape index (κ1) is 18.2. The van der Waals surface area contributed by atoms with Crippen molar-refractivity contribution in [2.24, 2.45) is 0 Å². The van der Waals surface area contributed by atoms with Gasteiger partial charge in [0.1, 0.15) is 0 Å². The molecule has 0 amide bonds. The van der Waals surface area contributed by atoms with Crippen LogP contribution >= 0.6 is 36.2 Å². The lowest BCUT2D eigenvalue weighted by atomic mass is 10.3. The lowest BCUT2D eigenvalue weighted by molar-refractivity contribution is 0.0374. The molecule has 2 heterocycles. The molecular weight excluding hydrogens is 291 g/mol. The van der Waals surface area contributed by atoms with E-state index in [4.69, 9.17) is 4.74 Å². The number of halogens is 2. The average Bonchev–Trinajstić information content (AvgIpc) is 2.83. The minimum Gasteiger partial charge on any atom is -0.379 e. The van der Waals surface area contributed by atoms with Crippen molar-refractivity contribution in [2.75, 3.05) is 39.4 Å². The summed E-state index contributed by atoms with van der Waals surface area (Å²) in [5.41, 5.74) is 1.40. The molecule has 6 heteroatoms. The highest BCUT2D eigenvalue weighted by Gasteiger charge is 2.08. The number of rotatable bonds is 6. The zero-order valence-corrected chi connectivity index (χ0v) is 12.9. The van der Waals surface area contributed by atoms with Crippen LogP contribution < -0.4 is 5.32 Å². The van der Waals surface area contributed by atoms with Gasteiger partial charge in [-0.3, -0.25) is 4.90 Å². The molecule has 1 aromatic rings. The van der Waals surface area contributed by atoms with Crippen molar-refractivity contribution in [1.29, 1.82) is 0 Å². The third-order valence-corrected chi connectivity index (χ3v) is 3.57. The zero-order valence-electron chi connectivity index (χ0n) is 10.5. The normalized spacial score (nSPS) is 15.8. The van der Waals surface area contributed by atoms with Crippen molar-refractivity contribution in [3.63, 3.8) is 0 Å². The number of thiophene rings is 1. The molecule has 0 saturated carbocycles. The van der Waals surface area contributed by atoms with Gasteiger partial charge < -0.3 is 10.1 Å². The van der Waals surface area contributed by atoms with Gasteiger partial charge >= 0.3 is 0 Å². The van der Waals surface area contributed by atoms with Crippen molar-refractivity contribution in [1.82, 2.24) is 10.2 Å².